The average molecular weight is 469 g/mol. The summed E-state index contributed by atoms with van der Waals surface area (Å²) in [6, 6.07) is 9.22. The van der Waals surface area contributed by atoms with Gasteiger partial charge in [0.15, 0.2) is 6.10 Å². The van der Waals surface area contributed by atoms with E-state index >= 15 is 0 Å². The second-order valence-electron chi connectivity index (χ2n) is 8.12. The van der Waals surface area contributed by atoms with Gasteiger partial charge in [0, 0.05) is 36.6 Å². The van der Waals surface area contributed by atoms with E-state index < -0.39 is 23.6 Å². The highest BCUT2D eigenvalue weighted by Gasteiger charge is 2.20. The summed E-state index contributed by atoms with van der Waals surface area (Å²) in [5.74, 6) is -2.41. The van der Waals surface area contributed by atoms with E-state index in [0.29, 0.717) is 28.7 Å². The molecular weight excluding hydrogens is 442 g/mol. The third-order valence-corrected chi connectivity index (χ3v) is 5.04. The van der Waals surface area contributed by atoms with Gasteiger partial charge < -0.3 is 21.1 Å². The van der Waals surface area contributed by atoms with Crippen LogP contribution >= 0.6 is 0 Å². The van der Waals surface area contributed by atoms with Crippen molar-refractivity contribution in [2.45, 2.75) is 32.9 Å². The van der Waals surface area contributed by atoms with Crippen LogP contribution in [0.4, 0.5) is 20.3 Å². The van der Waals surface area contributed by atoms with Crippen LogP contribution in [0.5, 0.6) is 0 Å². The molecule has 0 aliphatic carbocycles. The number of aromatic nitrogens is 1. The van der Waals surface area contributed by atoms with Crippen molar-refractivity contribution in [3.63, 3.8) is 0 Å². The second kappa shape index (κ2) is 10.4. The fourth-order valence-electron chi connectivity index (χ4n) is 3.48. The van der Waals surface area contributed by atoms with Crippen molar-refractivity contribution in [3.05, 3.63) is 77.0 Å². The van der Waals surface area contributed by atoms with Gasteiger partial charge in [0.2, 0.25) is 0 Å². The number of aliphatic hydroxyl groups excluding tert-OH is 1. The summed E-state index contributed by atoms with van der Waals surface area (Å²) in [5, 5.41) is 18.5. The molecule has 0 bridgehead atoms. The van der Waals surface area contributed by atoms with Gasteiger partial charge in [-0.05, 0) is 67.8 Å². The van der Waals surface area contributed by atoms with Crippen LogP contribution in [-0.2, 0) is 4.79 Å². The monoisotopic (exact) mass is 468 g/mol. The van der Waals surface area contributed by atoms with Gasteiger partial charge in [0.05, 0.1) is 5.56 Å². The van der Waals surface area contributed by atoms with Crippen LogP contribution in [0.25, 0.3) is 11.1 Å². The summed E-state index contributed by atoms with van der Waals surface area (Å²) in [6.45, 7) is 5.56. The molecular formula is C25H26F2N4O3. The molecule has 1 aromatic heterocycles. The lowest BCUT2D eigenvalue weighted by Crippen LogP contribution is -2.30. The molecule has 3 rings (SSSR count). The number of anilines is 2. The van der Waals surface area contributed by atoms with Crippen molar-refractivity contribution >= 4 is 23.3 Å². The molecule has 178 valence electrons. The first-order valence-electron chi connectivity index (χ1n) is 10.6. The normalized spacial score (nSPS) is 11.8. The Labute approximate surface area is 196 Å². The summed E-state index contributed by atoms with van der Waals surface area (Å²) in [6.07, 6.45) is -0.105. The summed E-state index contributed by atoms with van der Waals surface area (Å²) in [7, 11) is 1.68. The van der Waals surface area contributed by atoms with Crippen LogP contribution in [0.1, 0.15) is 41.4 Å². The van der Waals surface area contributed by atoms with Gasteiger partial charge in [-0.1, -0.05) is 6.07 Å². The predicted molar refractivity (Wildman–Crippen MR) is 127 cm³/mol. The highest BCUT2D eigenvalue weighted by atomic mass is 19.1. The Kier molecular flexibility index (Phi) is 7.57. The number of aliphatic hydroxyl groups is 1. The zero-order valence-corrected chi connectivity index (χ0v) is 19.2. The van der Waals surface area contributed by atoms with Crippen LogP contribution < -0.4 is 16.0 Å². The van der Waals surface area contributed by atoms with Gasteiger partial charge >= 0.3 is 0 Å². The number of benzene rings is 2. The molecule has 4 N–H and O–H groups in total. The van der Waals surface area contributed by atoms with E-state index in [-0.39, 0.29) is 17.5 Å². The molecule has 0 saturated heterocycles. The molecule has 2 aromatic carbocycles. The van der Waals surface area contributed by atoms with Crippen molar-refractivity contribution in [2.75, 3.05) is 17.7 Å². The maximum Gasteiger partial charge on any atom is 0.257 e. The number of amides is 2. The molecule has 0 spiro atoms. The molecule has 0 aliphatic heterocycles. The summed E-state index contributed by atoms with van der Waals surface area (Å²) >= 11 is 0. The SMILES string of the molecule is CNc1ncc(-c2ccc(NC(=O)[C@H](O)c3cc(F)cc(F)c3)cc2C)cc1C(=O)NC(C)C. The van der Waals surface area contributed by atoms with E-state index in [9.17, 15) is 23.5 Å². The summed E-state index contributed by atoms with van der Waals surface area (Å²) in [5.41, 5.74) is 2.87. The van der Waals surface area contributed by atoms with Gasteiger partial charge in [0.1, 0.15) is 17.5 Å². The Balaban J connectivity index is 1.83. The predicted octanol–water partition coefficient (Wildman–Crippen LogP) is 4.19. The Morgan fingerprint density at radius 3 is 2.29 bits per heavy atom. The maximum absolute atomic E-state index is 13.4. The van der Waals surface area contributed by atoms with E-state index in [2.05, 4.69) is 20.9 Å². The molecule has 34 heavy (non-hydrogen) atoms. The Morgan fingerprint density at radius 1 is 1.03 bits per heavy atom. The number of carbonyl (C=O) groups excluding carboxylic acids is 2. The standard InChI is InChI=1S/C25H26F2N4O3/c1-13(2)30-24(33)21-10-16(12-29-23(21)28-4)20-6-5-19(7-14(20)3)31-25(34)22(32)15-8-17(26)11-18(27)9-15/h5-13,22,32H,1-4H3,(H,28,29)(H,30,33)(H,31,34)/t22-/m1/s1. The lowest BCUT2D eigenvalue weighted by atomic mass is 9.99. The highest BCUT2D eigenvalue weighted by Crippen LogP contribution is 2.29. The van der Waals surface area contributed by atoms with Gasteiger partial charge in [0.25, 0.3) is 11.8 Å². The minimum atomic E-state index is -1.74. The van der Waals surface area contributed by atoms with Gasteiger partial charge in [-0.15, -0.1) is 0 Å². The average Bonchev–Trinajstić information content (AvgIpc) is 2.77. The maximum atomic E-state index is 13.4. The molecule has 9 heteroatoms. The lowest BCUT2D eigenvalue weighted by Gasteiger charge is -2.15. The summed E-state index contributed by atoms with van der Waals surface area (Å²) < 4.78 is 26.8. The number of nitrogens with zero attached hydrogens (tertiary/aromatic N) is 1. The molecule has 0 saturated carbocycles. The van der Waals surface area contributed by atoms with Gasteiger partial charge in [-0.3, -0.25) is 9.59 Å². The highest BCUT2D eigenvalue weighted by molar-refractivity contribution is 6.00. The van der Waals surface area contributed by atoms with Gasteiger partial charge in [-0.2, -0.15) is 0 Å². The molecule has 7 nitrogen and oxygen atoms in total. The first kappa shape index (κ1) is 24.8. The first-order chi connectivity index (χ1) is 16.1. The number of hydrogen-bond acceptors (Lipinski definition) is 5. The van der Waals surface area contributed by atoms with E-state index in [1.54, 1.807) is 37.5 Å². The van der Waals surface area contributed by atoms with E-state index in [0.717, 1.165) is 23.3 Å². The minimum absolute atomic E-state index is 0.0373. The minimum Gasteiger partial charge on any atom is -0.378 e. The fraction of sp³-hybridized carbons (Fsp3) is 0.240. The van der Waals surface area contributed by atoms with Crippen molar-refractivity contribution < 1.29 is 23.5 Å². The Hall–Kier alpha value is -3.85. The van der Waals surface area contributed by atoms with E-state index in [1.807, 2.05) is 20.8 Å². The Bertz CT molecular complexity index is 1210. The second-order valence-corrected chi connectivity index (χ2v) is 8.12. The zero-order valence-electron chi connectivity index (χ0n) is 19.2. The van der Waals surface area contributed by atoms with Crippen molar-refractivity contribution in [2.24, 2.45) is 0 Å². The van der Waals surface area contributed by atoms with Crippen molar-refractivity contribution in [3.8, 4) is 11.1 Å². The van der Waals surface area contributed by atoms with Crippen LogP contribution in [0.15, 0.2) is 48.7 Å². The first-order valence-corrected chi connectivity index (χ1v) is 10.6. The van der Waals surface area contributed by atoms with Crippen LogP contribution in [0.2, 0.25) is 0 Å². The number of rotatable bonds is 7. The lowest BCUT2D eigenvalue weighted by molar-refractivity contribution is -0.124. The smallest absolute Gasteiger partial charge is 0.257 e. The number of pyridine rings is 1. The zero-order chi connectivity index (χ0) is 25.0. The largest absolute Gasteiger partial charge is 0.378 e. The van der Waals surface area contributed by atoms with Gasteiger partial charge in [-0.25, -0.2) is 13.8 Å². The van der Waals surface area contributed by atoms with Crippen LogP contribution in [0, 0.1) is 18.6 Å². The topological polar surface area (TPSA) is 103 Å². The number of hydrogen-bond donors (Lipinski definition) is 4. The van der Waals surface area contributed by atoms with E-state index in [1.165, 1.54) is 0 Å². The third kappa shape index (κ3) is 5.74. The molecule has 2 amide bonds. The van der Waals surface area contributed by atoms with Crippen LogP contribution in [-0.4, -0.2) is 35.0 Å². The quantitative estimate of drug-likeness (QED) is 0.416. The Morgan fingerprint density at radius 2 is 1.71 bits per heavy atom. The van der Waals surface area contributed by atoms with Crippen molar-refractivity contribution in [1.82, 2.24) is 10.3 Å². The molecule has 0 fully saturated rings. The molecule has 0 radical (unpaired) electrons. The van der Waals surface area contributed by atoms with Crippen LogP contribution in [0.3, 0.4) is 0 Å². The van der Waals surface area contributed by atoms with E-state index in [4.69, 9.17) is 0 Å². The van der Waals surface area contributed by atoms with Crippen molar-refractivity contribution in [1.29, 1.82) is 0 Å². The molecule has 3 aromatic rings. The molecule has 0 unspecified atom stereocenters. The third-order valence-electron chi connectivity index (χ3n) is 5.04. The molecule has 1 heterocycles. The molecule has 0 aliphatic rings. The fourth-order valence-corrected chi connectivity index (χ4v) is 3.48. The number of halogens is 2. The summed E-state index contributed by atoms with van der Waals surface area (Å²) in [4.78, 5) is 29.4. The number of carbonyl (C=O) groups is 2. The molecule has 1 atom stereocenters. The number of nitrogens with one attached hydrogen (secondary N) is 3. The number of aryl methyl sites for hydroxylation is 1.